The third-order valence-electron chi connectivity index (χ3n) is 4.73. The van der Waals surface area contributed by atoms with Crippen LogP contribution in [-0.2, 0) is 0 Å². The van der Waals surface area contributed by atoms with Crippen LogP contribution in [0.4, 0.5) is 0 Å². The van der Waals surface area contributed by atoms with Crippen molar-refractivity contribution in [2.24, 2.45) is 5.92 Å². The molecule has 0 amide bonds. The van der Waals surface area contributed by atoms with E-state index in [9.17, 15) is 0 Å². The van der Waals surface area contributed by atoms with E-state index in [1.54, 1.807) is 11.1 Å². The second-order valence-corrected chi connectivity index (χ2v) is 6.59. The van der Waals surface area contributed by atoms with Gasteiger partial charge < -0.3 is 5.32 Å². The summed E-state index contributed by atoms with van der Waals surface area (Å²) in [5.74, 6) is 2.16. The maximum Gasteiger partial charge on any atom is 0.00104 e. The van der Waals surface area contributed by atoms with Crippen LogP contribution in [0.15, 0.2) is 24.3 Å². The van der Waals surface area contributed by atoms with Crippen LogP contribution in [0, 0.1) is 5.92 Å². The maximum absolute atomic E-state index is 3.57. The van der Waals surface area contributed by atoms with Crippen molar-refractivity contribution in [1.29, 1.82) is 0 Å². The van der Waals surface area contributed by atoms with Gasteiger partial charge in [-0.15, -0.1) is 0 Å². The fourth-order valence-electron chi connectivity index (χ4n) is 2.92. The molecule has 1 saturated carbocycles. The molecule has 1 heteroatoms. The lowest BCUT2D eigenvalue weighted by atomic mass is 9.74. The van der Waals surface area contributed by atoms with E-state index in [1.165, 1.54) is 19.3 Å². The standard InChI is InChI=1S/C18H29N/c1-13(2)19-12-14(3)15(4)17-10-5-6-11-18(17)16-8-7-9-16/h5-6,10-11,13-16,19H,7-9,12H2,1-4H3. The lowest BCUT2D eigenvalue weighted by Crippen LogP contribution is -2.30. The van der Waals surface area contributed by atoms with E-state index in [2.05, 4.69) is 57.3 Å². The summed E-state index contributed by atoms with van der Waals surface area (Å²) in [6.07, 6.45) is 4.20. The van der Waals surface area contributed by atoms with Crippen LogP contribution in [-0.4, -0.2) is 12.6 Å². The number of hydrogen-bond donors (Lipinski definition) is 1. The van der Waals surface area contributed by atoms with Gasteiger partial charge in [0.1, 0.15) is 0 Å². The Hall–Kier alpha value is -0.820. The molecule has 19 heavy (non-hydrogen) atoms. The van der Waals surface area contributed by atoms with Gasteiger partial charge in [-0.05, 0) is 48.3 Å². The summed E-state index contributed by atoms with van der Waals surface area (Å²) in [4.78, 5) is 0. The average molecular weight is 259 g/mol. The van der Waals surface area contributed by atoms with Crippen molar-refractivity contribution >= 4 is 0 Å². The van der Waals surface area contributed by atoms with E-state index in [0.29, 0.717) is 17.9 Å². The highest BCUT2D eigenvalue weighted by Gasteiger charge is 2.25. The van der Waals surface area contributed by atoms with Gasteiger partial charge in [-0.1, -0.05) is 58.4 Å². The van der Waals surface area contributed by atoms with Crippen LogP contribution in [0.3, 0.4) is 0 Å². The van der Waals surface area contributed by atoms with E-state index in [0.717, 1.165) is 12.5 Å². The third kappa shape index (κ3) is 3.60. The first-order valence-corrected chi connectivity index (χ1v) is 7.91. The predicted octanol–water partition coefficient (Wildman–Crippen LogP) is 4.69. The van der Waals surface area contributed by atoms with Crippen molar-refractivity contribution in [3.05, 3.63) is 35.4 Å². The largest absolute Gasteiger partial charge is 0.314 e. The summed E-state index contributed by atoms with van der Waals surface area (Å²) in [5, 5.41) is 3.57. The molecule has 1 aromatic rings. The molecule has 0 bridgehead atoms. The first-order chi connectivity index (χ1) is 9.09. The summed E-state index contributed by atoms with van der Waals surface area (Å²) >= 11 is 0. The fourth-order valence-corrected chi connectivity index (χ4v) is 2.92. The molecule has 0 radical (unpaired) electrons. The Morgan fingerprint density at radius 3 is 2.37 bits per heavy atom. The molecule has 0 saturated heterocycles. The Bertz CT molecular complexity index is 392. The van der Waals surface area contributed by atoms with Gasteiger partial charge in [0.25, 0.3) is 0 Å². The monoisotopic (exact) mass is 259 g/mol. The quantitative estimate of drug-likeness (QED) is 0.781. The number of nitrogens with one attached hydrogen (secondary N) is 1. The fraction of sp³-hybridized carbons (Fsp3) is 0.667. The van der Waals surface area contributed by atoms with E-state index in [4.69, 9.17) is 0 Å². The van der Waals surface area contributed by atoms with Gasteiger partial charge in [0.15, 0.2) is 0 Å². The normalized spacial score (nSPS) is 19.2. The molecule has 106 valence electrons. The molecule has 1 N–H and O–H groups in total. The van der Waals surface area contributed by atoms with E-state index < -0.39 is 0 Å². The molecule has 2 rings (SSSR count). The zero-order valence-electron chi connectivity index (χ0n) is 12.9. The highest BCUT2D eigenvalue weighted by atomic mass is 14.9. The first-order valence-electron chi connectivity index (χ1n) is 7.91. The minimum Gasteiger partial charge on any atom is -0.314 e. The smallest absolute Gasteiger partial charge is 0.00104 e. The van der Waals surface area contributed by atoms with E-state index in [1.807, 2.05) is 0 Å². The molecule has 2 atom stereocenters. The Morgan fingerprint density at radius 1 is 1.11 bits per heavy atom. The predicted molar refractivity (Wildman–Crippen MR) is 83.8 cm³/mol. The minimum atomic E-state index is 0.580. The minimum absolute atomic E-state index is 0.580. The Labute approximate surface area is 118 Å². The van der Waals surface area contributed by atoms with Crippen molar-refractivity contribution in [3.8, 4) is 0 Å². The van der Waals surface area contributed by atoms with Crippen molar-refractivity contribution < 1.29 is 0 Å². The van der Waals surface area contributed by atoms with Gasteiger partial charge in [-0.2, -0.15) is 0 Å². The topological polar surface area (TPSA) is 12.0 Å². The third-order valence-corrected chi connectivity index (χ3v) is 4.73. The van der Waals surface area contributed by atoms with Crippen LogP contribution < -0.4 is 5.32 Å². The molecular formula is C18H29N. The summed E-state index contributed by atoms with van der Waals surface area (Å²) < 4.78 is 0. The average Bonchev–Trinajstić information content (AvgIpc) is 2.33. The molecule has 1 aliphatic rings. The SMILES string of the molecule is CC(C)NCC(C)C(C)c1ccccc1C1CCC1. The first kappa shape index (κ1) is 14.6. The molecule has 0 heterocycles. The summed E-state index contributed by atoms with van der Waals surface area (Å²) in [6, 6.07) is 9.71. The van der Waals surface area contributed by atoms with E-state index >= 15 is 0 Å². The highest BCUT2D eigenvalue weighted by Crippen LogP contribution is 2.40. The molecule has 0 aliphatic heterocycles. The van der Waals surface area contributed by atoms with Crippen LogP contribution in [0.2, 0.25) is 0 Å². The lowest BCUT2D eigenvalue weighted by Gasteiger charge is -2.31. The Kier molecular flexibility index (Phi) is 5.04. The highest BCUT2D eigenvalue weighted by molar-refractivity contribution is 5.34. The van der Waals surface area contributed by atoms with Gasteiger partial charge in [0.05, 0.1) is 0 Å². The van der Waals surface area contributed by atoms with Gasteiger partial charge >= 0.3 is 0 Å². The lowest BCUT2D eigenvalue weighted by molar-refractivity contribution is 0.398. The number of hydrogen-bond acceptors (Lipinski definition) is 1. The number of rotatable bonds is 6. The van der Waals surface area contributed by atoms with Crippen molar-refractivity contribution in [3.63, 3.8) is 0 Å². The van der Waals surface area contributed by atoms with Gasteiger partial charge in [0.2, 0.25) is 0 Å². The van der Waals surface area contributed by atoms with Crippen LogP contribution in [0.5, 0.6) is 0 Å². The Morgan fingerprint density at radius 2 is 1.79 bits per heavy atom. The second kappa shape index (κ2) is 6.56. The van der Waals surface area contributed by atoms with Gasteiger partial charge in [-0.3, -0.25) is 0 Å². The van der Waals surface area contributed by atoms with Gasteiger partial charge in [0, 0.05) is 6.04 Å². The van der Waals surface area contributed by atoms with Crippen LogP contribution in [0.25, 0.3) is 0 Å². The second-order valence-electron chi connectivity index (χ2n) is 6.59. The molecule has 1 aliphatic carbocycles. The summed E-state index contributed by atoms with van der Waals surface area (Å²) in [5.41, 5.74) is 3.21. The number of benzene rings is 1. The molecule has 2 unspecified atom stereocenters. The summed E-state index contributed by atoms with van der Waals surface area (Å²) in [7, 11) is 0. The van der Waals surface area contributed by atoms with Crippen LogP contribution >= 0.6 is 0 Å². The zero-order chi connectivity index (χ0) is 13.8. The Balaban J connectivity index is 2.07. The van der Waals surface area contributed by atoms with Crippen LogP contribution in [0.1, 0.15) is 69.9 Å². The maximum atomic E-state index is 3.57. The van der Waals surface area contributed by atoms with E-state index in [-0.39, 0.29) is 0 Å². The molecule has 0 aromatic heterocycles. The molecular weight excluding hydrogens is 230 g/mol. The zero-order valence-corrected chi connectivity index (χ0v) is 12.9. The van der Waals surface area contributed by atoms with Crippen molar-refractivity contribution in [1.82, 2.24) is 5.32 Å². The molecule has 1 nitrogen and oxygen atoms in total. The molecule has 1 fully saturated rings. The van der Waals surface area contributed by atoms with Crippen molar-refractivity contribution in [2.75, 3.05) is 6.54 Å². The molecule has 0 spiro atoms. The van der Waals surface area contributed by atoms with Crippen molar-refractivity contribution in [2.45, 2.75) is 64.8 Å². The molecule has 1 aromatic carbocycles. The van der Waals surface area contributed by atoms with Gasteiger partial charge in [-0.25, -0.2) is 0 Å². The summed E-state index contributed by atoms with van der Waals surface area (Å²) in [6.45, 7) is 10.3.